The Hall–Kier alpha value is -3.89. The quantitative estimate of drug-likeness (QED) is 0.267. The number of ether oxygens (including phenoxy) is 1. The highest BCUT2D eigenvalue weighted by molar-refractivity contribution is 5.98. The Morgan fingerprint density at radius 2 is 1.76 bits per heavy atom. The van der Waals surface area contributed by atoms with Gasteiger partial charge in [-0.05, 0) is 49.7 Å². The van der Waals surface area contributed by atoms with E-state index in [1.54, 1.807) is 16.7 Å². The van der Waals surface area contributed by atoms with Crippen LogP contribution in [0.15, 0.2) is 30.5 Å². The molecule has 2 aromatic rings. The first kappa shape index (κ1) is 35.0. The summed E-state index contributed by atoms with van der Waals surface area (Å²) in [4.78, 5) is 74.6. The fourth-order valence-electron chi connectivity index (χ4n) is 6.72. The molecule has 2 fully saturated rings. The van der Waals surface area contributed by atoms with Gasteiger partial charge in [-0.1, -0.05) is 57.7 Å². The van der Waals surface area contributed by atoms with Gasteiger partial charge in [-0.2, -0.15) is 4.73 Å². The Morgan fingerprint density at radius 1 is 1.00 bits per heavy atom. The lowest BCUT2D eigenvalue weighted by molar-refractivity contribution is -0.147. The number of para-hydroxylation sites is 1. The normalized spacial score (nSPS) is 23.5. The van der Waals surface area contributed by atoms with Crippen LogP contribution in [0.4, 0.5) is 0 Å². The van der Waals surface area contributed by atoms with Crippen LogP contribution in [-0.4, -0.2) is 78.0 Å². The summed E-state index contributed by atoms with van der Waals surface area (Å²) in [6.07, 6.45) is 8.60. The van der Waals surface area contributed by atoms with Crippen LogP contribution in [0.5, 0.6) is 0 Å². The molecule has 1 aromatic carbocycles. The number of aromatic nitrogens is 1. The van der Waals surface area contributed by atoms with Crippen molar-refractivity contribution in [2.24, 2.45) is 11.8 Å². The van der Waals surface area contributed by atoms with Crippen molar-refractivity contribution in [3.63, 3.8) is 0 Å². The number of amides is 3. The SMILES string of the molecule is CCC(C)[C@@H]1NC(=O)[C@H](Cc2cn(OC)c3ccccc23)NC(=O)[C@H](CCCCCCC(=O)OC)CC(=O)[C@H]2CCCCN2C1=O. The molecule has 2 saturated heterocycles. The molecule has 0 aliphatic carbocycles. The van der Waals surface area contributed by atoms with Crippen molar-refractivity contribution in [3.05, 3.63) is 36.0 Å². The fourth-order valence-corrected chi connectivity index (χ4v) is 6.72. The number of Topliss-reactive ketones (excluding diaryl/α,β-unsaturated/α-hetero) is 1. The van der Waals surface area contributed by atoms with E-state index in [-0.39, 0.29) is 42.3 Å². The third-order valence-electron chi connectivity index (χ3n) is 9.68. The van der Waals surface area contributed by atoms with Gasteiger partial charge in [-0.25, -0.2) is 0 Å². The van der Waals surface area contributed by atoms with Crippen LogP contribution in [0, 0.1) is 11.8 Å². The van der Waals surface area contributed by atoms with Gasteiger partial charge in [0.05, 0.1) is 18.7 Å². The number of carbonyl (C=O) groups is 5. The summed E-state index contributed by atoms with van der Waals surface area (Å²) in [5.41, 5.74) is 1.64. The highest BCUT2D eigenvalue weighted by atomic mass is 16.6. The van der Waals surface area contributed by atoms with Crippen molar-refractivity contribution >= 4 is 40.4 Å². The number of fused-ring (bicyclic) bond motifs is 2. The molecule has 11 nitrogen and oxygen atoms in total. The van der Waals surface area contributed by atoms with E-state index in [1.807, 2.05) is 44.3 Å². The molecule has 1 aromatic heterocycles. The van der Waals surface area contributed by atoms with E-state index in [4.69, 9.17) is 9.57 Å². The molecule has 2 aliphatic rings. The van der Waals surface area contributed by atoms with Crippen LogP contribution in [0.25, 0.3) is 10.9 Å². The summed E-state index contributed by atoms with van der Waals surface area (Å²) in [7, 11) is 2.93. The third-order valence-corrected chi connectivity index (χ3v) is 9.68. The Morgan fingerprint density at radius 3 is 2.50 bits per heavy atom. The van der Waals surface area contributed by atoms with E-state index in [0.29, 0.717) is 45.1 Å². The maximum atomic E-state index is 14.1. The number of hydrogen-bond donors (Lipinski definition) is 2. The minimum atomic E-state index is -0.975. The lowest BCUT2D eigenvalue weighted by Crippen LogP contribution is -2.61. The van der Waals surface area contributed by atoms with Gasteiger partial charge in [0.2, 0.25) is 17.7 Å². The maximum absolute atomic E-state index is 14.1. The predicted molar refractivity (Wildman–Crippen MR) is 174 cm³/mol. The number of hydrogen-bond acceptors (Lipinski definition) is 7. The van der Waals surface area contributed by atoms with Crippen molar-refractivity contribution in [1.29, 1.82) is 0 Å². The van der Waals surface area contributed by atoms with Gasteiger partial charge in [0.1, 0.15) is 19.2 Å². The average Bonchev–Trinajstić information content (AvgIpc) is 3.43. The zero-order valence-corrected chi connectivity index (χ0v) is 27.7. The number of ketones is 1. The van der Waals surface area contributed by atoms with Crippen LogP contribution in [0.1, 0.15) is 90.0 Å². The van der Waals surface area contributed by atoms with E-state index < -0.39 is 30.0 Å². The van der Waals surface area contributed by atoms with E-state index in [1.165, 1.54) is 7.11 Å². The zero-order valence-electron chi connectivity index (χ0n) is 27.7. The second kappa shape index (κ2) is 16.6. The van der Waals surface area contributed by atoms with Gasteiger partial charge in [0, 0.05) is 43.3 Å². The number of benzene rings is 1. The lowest BCUT2D eigenvalue weighted by Gasteiger charge is -2.39. The number of rotatable bonds is 12. The summed E-state index contributed by atoms with van der Waals surface area (Å²) >= 11 is 0. The summed E-state index contributed by atoms with van der Waals surface area (Å²) in [6, 6.07) is 5.28. The molecule has 0 spiro atoms. The van der Waals surface area contributed by atoms with Crippen LogP contribution < -0.4 is 15.5 Å². The summed E-state index contributed by atoms with van der Waals surface area (Å²) in [5, 5.41) is 6.89. The monoisotopic (exact) mass is 638 g/mol. The zero-order chi connectivity index (χ0) is 33.2. The van der Waals surface area contributed by atoms with Crippen molar-refractivity contribution < 1.29 is 33.5 Å². The van der Waals surface area contributed by atoms with Gasteiger partial charge in [-0.3, -0.25) is 24.0 Å². The molecule has 4 rings (SSSR count). The predicted octanol–water partition coefficient (Wildman–Crippen LogP) is 3.74. The third kappa shape index (κ3) is 8.47. The molecule has 5 atom stereocenters. The molecule has 11 heteroatoms. The van der Waals surface area contributed by atoms with Crippen molar-refractivity contribution in [2.45, 2.75) is 109 Å². The number of esters is 1. The highest BCUT2D eigenvalue weighted by Crippen LogP contribution is 2.27. The van der Waals surface area contributed by atoms with Gasteiger partial charge >= 0.3 is 5.97 Å². The number of unbranched alkanes of at least 4 members (excludes halogenated alkanes) is 3. The Balaban J connectivity index is 1.63. The smallest absolute Gasteiger partial charge is 0.305 e. The van der Waals surface area contributed by atoms with Crippen molar-refractivity contribution in [3.8, 4) is 0 Å². The summed E-state index contributed by atoms with van der Waals surface area (Å²) in [6.45, 7) is 4.35. The van der Waals surface area contributed by atoms with Crippen molar-refractivity contribution in [2.75, 3.05) is 20.8 Å². The average molecular weight is 639 g/mol. The van der Waals surface area contributed by atoms with E-state index in [0.717, 1.165) is 42.1 Å². The first-order valence-corrected chi connectivity index (χ1v) is 16.8. The molecule has 252 valence electrons. The molecule has 2 N–H and O–H groups in total. The summed E-state index contributed by atoms with van der Waals surface area (Å²) < 4.78 is 6.34. The van der Waals surface area contributed by atoms with Crippen LogP contribution in [-0.2, 0) is 35.1 Å². The largest absolute Gasteiger partial charge is 0.469 e. The first-order chi connectivity index (χ1) is 22.2. The maximum Gasteiger partial charge on any atom is 0.305 e. The topological polar surface area (TPSA) is 136 Å². The van der Waals surface area contributed by atoms with Crippen LogP contribution in [0.2, 0.25) is 0 Å². The number of nitrogens with zero attached hydrogens (tertiary/aromatic N) is 2. The number of nitrogens with one attached hydrogen (secondary N) is 2. The first-order valence-electron chi connectivity index (χ1n) is 16.8. The van der Waals surface area contributed by atoms with Crippen LogP contribution in [0.3, 0.4) is 0 Å². The highest BCUT2D eigenvalue weighted by Gasteiger charge is 2.40. The molecule has 3 heterocycles. The Bertz CT molecular complexity index is 1390. The van der Waals surface area contributed by atoms with E-state index in [9.17, 15) is 24.0 Å². The van der Waals surface area contributed by atoms with Gasteiger partial charge in [0.25, 0.3) is 0 Å². The molecule has 0 saturated carbocycles. The number of piperidine rings is 1. The lowest BCUT2D eigenvalue weighted by atomic mass is 9.87. The Labute approximate surface area is 271 Å². The molecule has 3 amide bonds. The second-order valence-corrected chi connectivity index (χ2v) is 12.8. The number of methoxy groups -OCH3 is 1. The van der Waals surface area contributed by atoms with Crippen molar-refractivity contribution in [1.82, 2.24) is 20.3 Å². The number of carbonyl (C=O) groups excluding carboxylic acids is 5. The minimum absolute atomic E-state index is 0.00770. The molecule has 46 heavy (non-hydrogen) atoms. The van der Waals surface area contributed by atoms with E-state index in [2.05, 4.69) is 10.6 Å². The van der Waals surface area contributed by atoms with E-state index >= 15 is 0 Å². The molecular formula is C35H50N4O7. The minimum Gasteiger partial charge on any atom is -0.469 e. The second-order valence-electron chi connectivity index (χ2n) is 12.8. The molecule has 0 radical (unpaired) electrons. The van der Waals surface area contributed by atoms with Gasteiger partial charge in [0.15, 0.2) is 5.78 Å². The molecule has 0 bridgehead atoms. The fraction of sp³-hybridized carbons (Fsp3) is 0.629. The summed E-state index contributed by atoms with van der Waals surface area (Å²) in [5.74, 6) is -2.17. The Kier molecular flexibility index (Phi) is 12.6. The van der Waals surface area contributed by atoms with Gasteiger partial charge < -0.3 is 25.1 Å². The molecule has 1 unspecified atom stereocenters. The molecule has 2 aliphatic heterocycles. The van der Waals surface area contributed by atoms with Crippen LogP contribution >= 0.6 is 0 Å². The van der Waals surface area contributed by atoms with Gasteiger partial charge in [-0.15, -0.1) is 0 Å². The molecular weight excluding hydrogens is 588 g/mol. The standard InChI is InChI=1S/C35H50N4O7/c1-5-23(2)32-35(44)38-19-13-12-17-29(38)30(40)21-24(14-8-6-7-9-18-31(41)45-3)33(42)36-27(34(43)37-32)20-25-22-39(46-4)28-16-11-10-15-26(25)28/h10-11,15-16,22-24,27,29,32H,5-9,12-14,17-21H2,1-4H3,(H,36,42)(H,37,43)/t23?,24-,27+,29-,32+/m1/s1.